The summed E-state index contributed by atoms with van der Waals surface area (Å²) in [7, 11) is 0. The van der Waals surface area contributed by atoms with Crippen LogP contribution in [0.3, 0.4) is 0 Å². The molecule has 4 aromatic rings. The number of hydrogen-bond donors (Lipinski definition) is 1. The molecule has 4 rings (SSSR count). The van der Waals surface area contributed by atoms with Crippen LogP contribution in [0.4, 0.5) is 5.82 Å². The summed E-state index contributed by atoms with van der Waals surface area (Å²) < 4.78 is 7.50. The van der Waals surface area contributed by atoms with Crippen molar-refractivity contribution in [1.29, 1.82) is 0 Å². The zero-order valence-electron chi connectivity index (χ0n) is 13.3. The van der Waals surface area contributed by atoms with Gasteiger partial charge in [-0.2, -0.15) is 0 Å². The van der Waals surface area contributed by atoms with Gasteiger partial charge in [0.25, 0.3) is 5.91 Å². The number of hydrogen-bond acceptors (Lipinski definition) is 5. The Kier molecular flexibility index (Phi) is 4.20. The minimum atomic E-state index is -0.338. The Morgan fingerprint density at radius 1 is 1.12 bits per heavy atom. The molecule has 4 heterocycles. The molecule has 0 aromatic carbocycles. The normalized spacial score (nSPS) is 10.7. The summed E-state index contributed by atoms with van der Waals surface area (Å²) in [6, 6.07) is 8.52. The highest BCUT2D eigenvalue weighted by molar-refractivity contribution is 6.30. The summed E-state index contributed by atoms with van der Waals surface area (Å²) in [4.78, 5) is 25.0. The Morgan fingerprint density at radius 3 is 2.85 bits per heavy atom. The van der Waals surface area contributed by atoms with E-state index in [1.54, 1.807) is 59.5 Å². The number of nitrogens with zero attached hydrogens (tertiary/aromatic N) is 4. The lowest BCUT2D eigenvalue weighted by Gasteiger charge is -2.10. The summed E-state index contributed by atoms with van der Waals surface area (Å²) in [5, 5.41) is 3.21. The molecule has 0 unspecified atom stereocenters. The first-order valence-electron chi connectivity index (χ1n) is 7.66. The summed E-state index contributed by atoms with van der Waals surface area (Å²) in [6.07, 6.45) is 9.72. The maximum Gasteiger partial charge on any atom is 0.260 e. The summed E-state index contributed by atoms with van der Waals surface area (Å²) in [6.45, 7) is 0. The van der Waals surface area contributed by atoms with Gasteiger partial charge in [-0.1, -0.05) is 17.7 Å². The second-order valence-corrected chi connectivity index (χ2v) is 5.79. The van der Waals surface area contributed by atoms with Crippen LogP contribution in [0, 0.1) is 0 Å². The number of imidazole rings is 1. The van der Waals surface area contributed by atoms with Gasteiger partial charge < -0.3 is 14.5 Å². The van der Waals surface area contributed by atoms with E-state index >= 15 is 0 Å². The van der Waals surface area contributed by atoms with Crippen LogP contribution >= 0.6 is 11.6 Å². The van der Waals surface area contributed by atoms with E-state index < -0.39 is 0 Å². The molecule has 128 valence electrons. The van der Waals surface area contributed by atoms with Crippen LogP contribution in [0.5, 0.6) is 11.5 Å². The van der Waals surface area contributed by atoms with E-state index in [9.17, 15) is 4.79 Å². The van der Waals surface area contributed by atoms with E-state index in [1.165, 1.54) is 12.4 Å². The Hall–Kier alpha value is -3.45. The highest BCUT2D eigenvalue weighted by Gasteiger charge is 2.15. The molecule has 0 saturated carbocycles. The summed E-state index contributed by atoms with van der Waals surface area (Å²) >= 11 is 5.93. The third-order valence-electron chi connectivity index (χ3n) is 3.53. The van der Waals surface area contributed by atoms with Crippen LogP contribution < -0.4 is 10.1 Å². The first kappa shape index (κ1) is 16.0. The van der Waals surface area contributed by atoms with Crippen LogP contribution in [0.2, 0.25) is 5.02 Å². The number of fused-ring (bicyclic) bond motifs is 1. The molecule has 7 nitrogen and oxygen atoms in total. The van der Waals surface area contributed by atoms with Crippen molar-refractivity contribution in [3.8, 4) is 11.5 Å². The van der Waals surface area contributed by atoms with Gasteiger partial charge in [-0.05, 0) is 18.2 Å². The molecular weight excluding hydrogens is 354 g/mol. The molecule has 0 bridgehead atoms. The fourth-order valence-corrected chi connectivity index (χ4v) is 2.60. The third kappa shape index (κ3) is 3.33. The smallest absolute Gasteiger partial charge is 0.260 e. The predicted molar refractivity (Wildman–Crippen MR) is 96.7 cm³/mol. The fourth-order valence-electron chi connectivity index (χ4n) is 2.43. The number of rotatable bonds is 4. The van der Waals surface area contributed by atoms with Gasteiger partial charge in [0, 0.05) is 30.9 Å². The number of nitrogens with one attached hydrogen (secondary N) is 1. The van der Waals surface area contributed by atoms with Gasteiger partial charge in [0.15, 0.2) is 0 Å². The molecule has 0 saturated heterocycles. The Bertz CT molecular complexity index is 1080. The number of aromatic nitrogens is 4. The quantitative estimate of drug-likeness (QED) is 0.594. The van der Waals surface area contributed by atoms with E-state index in [1.807, 2.05) is 0 Å². The number of amides is 1. The minimum absolute atomic E-state index is 0.338. The second-order valence-electron chi connectivity index (χ2n) is 5.36. The molecule has 1 amide bonds. The lowest BCUT2D eigenvalue weighted by Crippen LogP contribution is -2.14. The van der Waals surface area contributed by atoms with Gasteiger partial charge in [-0.15, -0.1) is 0 Å². The van der Waals surface area contributed by atoms with Crippen molar-refractivity contribution in [3.05, 3.63) is 78.1 Å². The molecule has 26 heavy (non-hydrogen) atoms. The Morgan fingerprint density at radius 2 is 2.04 bits per heavy atom. The molecule has 0 radical (unpaired) electrons. The van der Waals surface area contributed by atoms with Gasteiger partial charge >= 0.3 is 0 Å². The molecule has 0 aliphatic carbocycles. The summed E-state index contributed by atoms with van der Waals surface area (Å²) in [5.74, 6) is 1.03. The molecule has 1 N–H and O–H groups in total. The largest absolute Gasteiger partial charge is 0.454 e. The SMILES string of the molecule is O=C(Nc1ccccn1)c1cc(Oc2cncc(Cl)c2)cn2ccnc12. The van der Waals surface area contributed by atoms with E-state index in [2.05, 4.69) is 20.3 Å². The van der Waals surface area contributed by atoms with Crippen molar-refractivity contribution in [2.24, 2.45) is 0 Å². The predicted octanol–water partition coefficient (Wildman–Crippen LogP) is 3.82. The number of halogens is 1. The van der Waals surface area contributed by atoms with E-state index in [-0.39, 0.29) is 5.91 Å². The Labute approximate surface area is 153 Å². The highest BCUT2D eigenvalue weighted by atomic mass is 35.5. The van der Waals surface area contributed by atoms with Crippen molar-refractivity contribution in [3.63, 3.8) is 0 Å². The topological polar surface area (TPSA) is 81.4 Å². The van der Waals surface area contributed by atoms with Crippen LogP contribution in [0.25, 0.3) is 5.65 Å². The van der Waals surface area contributed by atoms with Crippen molar-refractivity contribution in [1.82, 2.24) is 19.4 Å². The number of anilines is 1. The standard InChI is InChI=1S/C18H12ClN5O2/c19-12-7-13(10-20-9-12)26-14-8-15(17-22-5-6-24(17)11-14)18(25)23-16-3-1-2-4-21-16/h1-11H,(H,21,23,25). The first-order chi connectivity index (χ1) is 12.7. The number of carbonyl (C=O) groups excluding carboxylic acids is 1. The van der Waals surface area contributed by atoms with Crippen molar-refractivity contribution < 1.29 is 9.53 Å². The van der Waals surface area contributed by atoms with Crippen molar-refractivity contribution >= 4 is 29.0 Å². The van der Waals surface area contributed by atoms with Crippen molar-refractivity contribution in [2.75, 3.05) is 5.32 Å². The van der Waals surface area contributed by atoms with Crippen LogP contribution in [0.15, 0.2) is 67.5 Å². The molecule has 0 aliphatic heterocycles. The maximum atomic E-state index is 12.7. The third-order valence-corrected chi connectivity index (χ3v) is 3.74. The molecule has 0 spiro atoms. The number of pyridine rings is 3. The molecular formula is C18H12ClN5O2. The fraction of sp³-hybridized carbons (Fsp3) is 0. The maximum absolute atomic E-state index is 12.7. The second kappa shape index (κ2) is 6.81. The average molecular weight is 366 g/mol. The molecule has 4 aromatic heterocycles. The minimum Gasteiger partial charge on any atom is -0.454 e. The Balaban J connectivity index is 1.69. The monoisotopic (exact) mass is 365 g/mol. The first-order valence-corrected chi connectivity index (χ1v) is 8.04. The molecule has 0 aliphatic rings. The van der Waals surface area contributed by atoms with Gasteiger partial charge in [-0.25, -0.2) is 9.97 Å². The molecule has 8 heteroatoms. The molecule has 0 atom stereocenters. The highest BCUT2D eigenvalue weighted by Crippen LogP contribution is 2.25. The van der Waals surface area contributed by atoms with Gasteiger partial charge in [0.1, 0.15) is 23.0 Å². The zero-order chi connectivity index (χ0) is 17.9. The summed E-state index contributed by atoms with van der Waals surface area (Å²) in [5.41, 5.74) is 0.864. The van der Waals surface area contributed by atoms with Crippen molar-refractivity contribution in [2.45, 2.75) is 0 Å². The van der Waals surface area contributed by atoms with Crippen LogP contribution in [0.1, 0.15) is 10.4 Å². The van der Waals surface area contributed by atoms with Crippen LogP contribution in [-0.2, 0) is 0 Å². The van der Waals surface area contributed by atoms with Gasteiger partial charge in [0.2, 0.25) is 0 Å². The average Bonchev–Trinajstić information content (AvgIpc) is 3.10. The van der Waals surface area contributed by atoms with E-state index in [0.29, 0.717) is 33.6 Å². The number of ether oxygens (including phenoxy) is 1. The van der Waals surface area contributed by atoms with E-state index in [0.717, 1.165) is 0 Å². The van der Waals surface area contributed by atoms with Gasteiger partial charge in [0.05, 0.1) is 23.0 Å². The van der Waals surface area contributed by atoms with Gasteiger partial charge in [-0.3, -0.25) is 9.78 Å². The lowest BCUT2D eigenvalue weighted by molar-refractivity contribution is 0.102. The molecule has 0 fully saturated rings. The number of carbonyl (C=O) groups is 1. The lowest BCUT2D eigenvalue weighted by atomic mass is 10.2. The van der Waals surface area contributed by atoms with E-state index in [4.69, 9.17) is 16.3 Å². The van der Waals surface area contributed by atoms with Crippen LogP contribution in [-0.4, -0.2) is 25.3 Å². The zero-order valence-corrected chi connectivity index (χ0v) is 14.1.